The molecule has 1 atom stereocenters. The first-order valence-electron chi connectivity index (χ1n) is 5.50. The number of hydrogen-bond acceptors (Lipinski definition) is 4. The summed E-state index contributed by atoms with van der Waals surface area (Å²) in [6, 6.07) is 2.96. The quantitative estimate of drug-likeness (QED) is 0.799. The third kappa shape index (κ3) is 2.68. The number of sulfonamides is 1. The van der Waals surface area contributed by atoms with E-state index in [9.17, 15) is 8.42 Å². The molecule has 1 heterocycles. The van der Waals surface area contributed by atoms with Crippen molar-refractivity contribution in [2.75, 3.05) is 0 Å². The van der Waals surface area contributed by atoms with Gasteiger partial charge in [-0.15, -0.1) is 0 Å². The minimum absolute atomic E-state index is 0.00207. The van der Waals surface area contributed by atoms with Crippen LogP contribution in [0.15, 0.2) is 23.2 Å². The van der Waals surface area contributed by atoms with E-state index >= 15 is 0 Å². The minimum Gasteiger partial charge on any atom is -0.388 e. The third-order valence-electron chi connectivity index (χ3n) is 3.11. The molecule has 1 aromatic rings. The van der Waals surface area contributed by atoms with Crippen LogP contribution in [0, 0.1) is 5.41 Å². The molecule has 0 bridgehead atoms. The van der Waals surface area contributed by atoms with E-state index < -0.39 is 10.0 Å². The number of nitrogens with zero attached hydrogens (tertiary/aromatic N) is 1. The lowest BCUT2D eigenvalue weighted by Crippen LogP contribution is -2.28. The zero-order valence-corrected chi connectivity index (χ0v) is 11.8. The summed E-state index contributed by atoms with van der Waals surface area (Å²) in [6.07, 6.45) is 2.12. The average molecular weight is 285 g/mol. The molecule has 1 aliphatic rings. The summed E-state index contributed by atoms with van der Waals surface area (Å²) in [5.41, 5.74) is 5.86. The Hall–Kier alpha value is -1.05. The largest absolute Gasteiger partial charge is 0.388 e. The van der Waals surface area contributed by atoms with E-state index in [4.69, 9.17) is 18.0 Å². The first-order chi connectivity index (χ1) is 8.22. The average Bonchev–Trinajstić information content (AvgIpc) is 2.85. The Bertz CT molecular complexity index is 579. The van der Waals surface area contributed by atoms with Crippen LogP contribution in [0.4, 0.5) is 0 Å². The van der Waals surface area contributed by atoms with Crippen molar-refractivity contribution < 1.29 is 8.42 Å². The van der Waals surface area contributed by atoms with Crippen LogP contribution in [0.5, 0.6) is 0 Å². The Labute approximate surface area is 112 Å². The second-order valence-corrected chi connectivity index (χ2v) is 7.26. The van der Waals surface area contributed by atoms with Gasteiger partial charge in [-0.25, -0.2) is 13.1 Å². The lowest BCUT2D eigenvalue weighted by Gasteiger charge is -2.08. The monoisotopic (exact) mass is 285 g/mol. The van der Waals surface area contributed by atoms with E-state index in [1.165, 1.54) is 18.3 Å². The number of nitrogens with one attached hydrogen (secondary N) is 1. The number of nitrogens with two attached hydrogens (primary N) is 1. The standard InChI is InChI=1S/C11H15N3O2S2/c1-11(2)5-9(11)14-18(15,16)7-3-4-8(10(12)17)13-6-7/h3-4,6,9,14H,5H2,1-2H3,(H2,12,17). The second kappa shape index (κ2) is 4.25. The Kier molecular flexibility index (Phi) is 3.16. The van der Waals surface area contributed by atoms with Crippen LogP contribution < -0.4 is 10.5 Å². The first-order valence-corrected chi connectivity index (χ1v) is 7.40. The molecule has 3 N–H and O–H groups in total. The van der Waals surface area contributed by atoms with E-state index in [1.54, 1.807) is 0 Å². The van der Waals surface area contributed by atoms with Gasteiger partial charge in [-0.05, 0) is 24.0 Å². The Balaban J connectivity index is 2.17. The van der Waals surface area contributed by atoms with E-state index in [2.05, 4.69) is 9.71 Å². The number of aromatic nitrogens is 1. The Morgan fingerprint density at radius 1 is 1.56 bits per heavy atom. The highest BCUT2D eigenvalue weighted by atomic mass is 32.2. The molecule has 0 saturated heterocycles. The van der Waals surface area contributed by atoms with Crippen LogP contribution in [0.25, 0.3) is 0 Å². The van der Waals surface area contributed by atoms with Gasteiger partial charge >= 0.3 is 0 Å². The van der Waals surface area contributed by atoms with Crippen LogP contribution in [-0.4, -0.2) is 24.4 Å². The normalized spacial score (nSPS) is 21.6. The smallest absolute Gasteiger partial charge is 0.242 e. The predicted molar refractivity (Wildman–Crippen MR) is 72.6 cm³/mol. The molecule has 1 fully saturated rings. The molecule has 98 valence electrons. The van der Waals surface area contributed by atoms with Gasteiger partial charge in [-0.3, -0.25) is 4.98 Å². The van der Waals surface area contributed by atoms with Crippen LogP contribution in [0.1, 0.15) is 26.0 Å². The van der Waals surface area contributed by atoms with Crippen molar-refractivity contribution in [1.29, 1.82) is 0 Å². The van der Waals surface area contributed by atoms with Gasteiger partial charge in [-0.1, -0.05) is 26.1 Å². The molecule has 2 rings (SSSR count). The summed E-state index contributed by atoms with van der Waals surface area (Å²) < 4.78 is 26.7. The van der Waals surface area contributed by atoms with Crippen molar-refractivity contribution in [2.24, 2.45) is 11.1 Å². The van der Waals surface area contributed by atoms with Crippen molar-refractivity contribution in [3.63, 3.8) is 0 Å². The van der Waals surface area contributed by atoms with Gasteiger partial charge in [0, 0.05) is 12.2 Å². The molecular formula is C11H15N3O2S2. The first kappa shape index (κ1) is 13.4. The molecule has 5 nitrogen and oxygen atoms in total. The zero-order chi connectivity index (χ0) is 13.6. The SMILES string of the molecule is CC1(C)CC1NS(=O)(=O)c1ccc(C(N)=S)nc1. The molecular weight excluding hydrogens is 270 g/mol. The van der Waals surface area contributed by atoms with Gasteiger partial charge in [0.1, 0.15) is 9.88 Å². The molecule has 0 aliphatic heterocycles. The maximum absolute atomic E-state index is 12.0. The van der Waals surface area contributed by atoms with E-state index in [-0.39, 0.29) is 21.3 Å². The van der Waals surface area contributed by atoms with Crippen molar-refractivity contribution in [3.8, 4) is 0 Å². The number of hydrogen-bond donors (Lipinski definition) is 2. The Morgan fingerprint density at radius 3 is 2.56 bits per heavy atom. The van der Waals surface area contributed by atoms with E-state index in [0.29, 0.717) is 5.69 Å². The fourth-order valence-electron chi connectivity index (χ4n) is 1.61. The summed E-state index contributed by atoms with van der Waals surface area (Å²) in [6.45, 7) is 4.04. The Morgan fingerprint density at radius 2 is 2.17 bits per heavy atom. The fraction of sp³-hybridized carbons (Fsp3) is 0.455. The van der Waals surface area contributed by atoms with Crippen molar-refractivity contribution in [1.82, 2.24) is 9.71 Å². The maximum atomic E-state index is 12.0. The van der Waals surface area contributed by atoms with Crippen LogP contribution in [0.2, 0.25) is 0 Å². The predicted octanol–water partition coefficient (Wildman–Crippen LogP) is 0.793. The number of thiocarbonyl (C=S) groups is 1. The molecule has 1 unspecified atom stereocenters. The van der Waals surface area contributed by atoms with Gasteiger partial charge in [0.15, 0.2) is 0 Å². The number of rotatable bonds is 4. The second-order valence-electron chi connectivity index (χ2n) is 5.11. The summed E-state index contributed by atoms with van der Waals surface area (Å²) in [5.74, 6) is 0. The fourth-order valence-corrected chi connectivity index (χ4v) is 3.08. The van der Waals surface area contributed by atoms with Crippen molar-refractivity contribution in [2.45, 2.75) is 31.2 Å². The van der Waals surface area contributed by atoms with Crippen molar-refractivity contribution in [3.05, 3.63) is 24.0 Å². The van der Waals surface area contributed by atoms with Gasteiger partial charge < -0.3 is 5.73 Å². The lowest BCUT2D eigenvalue weighted by molar-refractivity contribution is 0.554. The topological polar surface area (TPSA) is 85.1 Å². The minimum atomic E-state index is -3.51. The lowest BCUT2D eigenvalue weighted by atomic mass is 10.2. The highest BCUT2D eigenvalue weighted by Gasteiger charge is 2.47. The summed E-state index contributed by atoms with van der Waals surface area (Å²) in [7, 11) is -3.51. The molecule has 7 heteroatoms. The van der Waals surface area contributed by atoms with Crippen molar-refractivity contribution >= 4 is 27.2 Å². The highest BCUT2D eigenvalue weighted by molar-refractivity contribution is 7.89. The van der Waals surface area contributed by atoms with Crippen LogP contribution >= 0.6 is 12.2 Å². The third-order valence-corrected chi connectivity index (χ3v) is 4.78. The zero-order valence-electron chi connectivity index (χ0n) is 10.2. The summed E-state index contributed by atoms with van der Waals surface area (Å²) in [4.78, 5) is 4.20. The molecule has 0 amide bonds. The number of pyridine rings is 1. The van der Waals surface area contributed by atoms with E-state index in [1.807, 2.05) is 13.8 Å². The van der Waals surface area contributed by atoms with Gasteiger partial charge in [0.25, 0.3) is 0 Å². The maximum Gasteiger partial charge on any atom is 0.242 e. The van der Waals surface area contributed by atoms with Crippen LogP contribution in [-0.2, 0) is 10.0 Å². The molecule has 1 aromatic heterocycles. The molecule has 1 aliphatic carbocycles. The molecule has 1 saturated carbocycles. The van der Waals surface area contributed by atoms with E-state index in [0.717, 1.165) is 6.42 Å². The molecule has 18 heavy (non-hydrogen) atoms. The molecule has 0 spiro atoms. The van der Waals surface area contributed by atoms with Crippen LogP contribution in [0.3, 0.4) is 0 Å². The van der Waals surface area contributed by atoms with Gasteiger partial charge in [0.05, 0.1) is 5.69 Å². The molecule has 0 radical (unpaired) electrons. The van der Waals surface area contributed by atoms with Gasteiger partial charge in [0.2, 0.25) is 10.0 Å². The summed E-state index contributed by atoms with van der Waals surface area (Å²) in [5, 5.41) is 0. The molecule has 0 aromatic carbocycles. The summed E-state index contributed by atoms with van der Waals surface area (Å²) >= 11 is 4.76. The van der Waals surface area contributed by atoms with Gasteiger partial charge in [-0.2, -0.15) is 0 Å². The highest BCUT2D eigenvalue weighted by Crippen LogP contribution is 2.45.